The van der Waals surface area contributed by atoms with Crippen molar-refractivity contribution in [1.29, 1.82) is 0 Å². The van der Waals surface area contributed by atoms with Gasteiger partial charge in [0.15, 0.2) is 0 Å². The highest BCUT2D eigenvalue weighted by atomic mass is 79.9. The molecule has 0 spiro atoms. The molecule has 5 heteroatoms. The molecule has 2 aromatic carbocycles. The molecule has 2 aromatic rings. The second-order valence-electron chi connectivity index (χ2n) is 3.89. The van der Waals surface area contributed by atoms with E-state index in [9.17, 15) is 0 Å². The Kier molecular flexibility index (Phi) is 5.79. The molecule has 0 fully saturated rings. The highest BCUT2D eigenvalue weighted by Gasteiger charge is 2.02. The van der Waals surface area contributed by atoms with Gasteiger partial charge in [0, 0.05) is 10.7 Å². The van der Waals surface area contributed by atoms with Gasteiger partial charge in [0.25, 0.3) is 0 Å². The SMILES string of the molecule is BrCc1ccc(O[B]Oc2ccc(CBr)cc2)cc1. The molecule has 1 radical (unpaired) electrons. The van der Waals surface area contributed by atoms with Crippen molar-refractivity contribution in [2.75, 3.05) is 0 Å². The summed E-state index contributed by atoms with van der Waals surface area (Å²) < 4.78 is 10.8. The molecule has 0 atom stereocenters. The maximum atomic E-state index is 5.39. The van der Waals surface area contributed by atoms with Crippen LogP contribution in [0.15, 0.2) is 48.5 Å². The van der Waals surface area contributed by atoms with Gasteiger partial charge in [-0.1, -0.05) is 56.1 Å². The van der Waals surface area contributed by atoms with Crippen molar-refractivity contribution in [1.82, 2.24) is 0 Å². The summed E-state index contributed by atoms with van der Waals surface area (Å²) in [5.74, 6) is 1.50. The Balaban J connectivity index is 1.81. The van der Waals surface area contributed by atoms with Crippen molar-refractivity contribution >= 4 is 39.5 Å². The van der Waals surface area contributed by atoms with Crippen molar-refractivity contribution in [3.05, 3.63) is 59.7 Å². The fraction of sp³-hybridized carbons (Fsp3) is 0.143. The van der Waals surface area contributed by atoms with E-state index >= 15 is 0 Å². The molecule has 97 valence electrons. The lowest BCUT2D eigenvalue weighted by Crippen LogP contribution is -2.10. The lowest BCUT2D eigenvalue weighted by Gasteiger charge is -2.07. The normalized spacial score (nSPS) is 10.0. The molecule has 19 heavy (non-hydrogen) atoms. The van der Waals surface area contributed by atoms with Gasteiger partial charge >= 0.3 is 7.69 Å². The van der Waals surface area contributed by atoms with E-state index in [1.165, 1.54) is 18.8 Å². The third-order valence-corrected chi connectivity index (χ3v) is 3.82. The van der Waals surface area contributed by atoms with Crippen molar-refractivity contribution in [2.24, 2.45) is 0 Å². The second-order valence-corrected chi connectivity index (χ2v) is 5.01. The van der Waals surface area contributed by atoms with E-state index in [4.69, 9.17) is 9.31 Å². The molecule has 0 unspecified atom stereocenters. The highest BCUT2D eigenvalue weighted by Crippen LogP contribution is 2.16. The third-order valence-electron chi connectivity index (χ3n) is 2.52. The average molecular weight is 383 g/mol. The predicted molar refractivity (Wildman–Crippen MR) is 85.2 cm³/mol. The van der Waals surface area contributed by atoms with Crippen LogP contribution in [0, 0.1) is 0 Å². The predicted octanol–water partition coefficient (Wildman–Crippen LogP) is 4.47. The number of alkyl halides is 2. The zero-order valence-corrected chi connectivity index (χ0v) is 13.4. The maximum Gasteiger partial charge on any atom is 0.658 e. The van der Waals surface area contributed by atoms with E-state index < -0.39 is 0 Å². The minimum Gasteiger partial charge on any atom is -0.526 e. The zero-order chi connectivity index (χ0) is 13.5. The Labute approximate surface area is 130 Å². The van der Waals surface area contributed by atoms with Gasteiger partial charge in [-0.15, -0.1) is 0 Å². The smallest absolute Gasteiger partial charge is 0.526 e. The van der Waals surface area contributed by atoms with Crippen LogP contribution < -0.4 is 9.31 Å². The standard InChI is InChI=1S/C14H12BBr2O2/c16-9-11-1-5-13(6-2-11)18-15-19-14-7-3-12(10-17)4-8-14/h1-8H,9-10H2. The van der Waals surface area contributed by atoms with Gasteiger partial charge in [0.1, 0.15) is 11.5 Å². The van der Waals surface area contributed by atoms with Gasteiger partial charge in [-0.25, -0.2) is 0 Å². The van der Waals surface area contributed by atoms with Crippen LogP contribution in [0.3, 0.4) is 0 Å². The Hall–Kier alpha value is -0.935. The average Bonchev–Trinajstić information content (AvgIpc) is 2.49. The summed E-state index contributed by atoms with van der Waals surface area (Å²) in [6.07, 6.45) is 0. The Morgan fingerprint density at radius 1 is 0.684 bits per heavy atom. The van der Waals surface area contributed by atoms with E-state index in [-0.39, 0.29) is 0 Å². The molecule has 0 aromatic heterocycles. The molecule has 0 aliphatic heterocycles. The quantitative estimate of drug-likeness (QED) is 0.542. The molecular weight excluding hydrogens is 371 g/mol. The van der Waals surface area contributed by atoms with Crippen LogP contribution in [0.1, 0.15) is 11.1 Å². The molecule has 2 nitrogen and oxygen atoms in total. The monoisotopic (exact) mass is 381 g/mol. The van der Waals surface area contributed by atoms with Gasteiger partial charge in [-0.05, 0) is 35.4 Å². The maximum absolute atomic E-state index is 5.39. The van der Waals surface area contributed by atoms with E-state index in [0.29, 0.717) is 0 Å². The van der Waals surface area contributed by atoms with Crippen molar-refractivity contribution < 1.29 is 9.31 Å². The number of hydrogen-bond acceptors (Lipinski definition) is 2. The van der Waals surface area contributed by atoms with Crippen molar-refractivity contribution in [2.45, 2.75) is 10.7 Å². The van der Waals surface area contributed by atoms with Gasteiger partial charge < -0.3 is 9.31 Å². The summed E-state index contributed by atoms with van der Waals surface area (Å²) in [6.45, 7) is 0. The minimum absolute atomic E-state index is 0.752. The first-order chi connectivity index (χ1) is 9.31. The van der Waals surface area contributed by atoms with Gasteiger partial charge in [-0.3, -0.25) is 0 Å². The molecule has 0 amide bonds. The number of halogens is 2. The third kappa shape index (κ3) is 4.58. The molecule has 0 saturated heterocycles. The van der Waals surface area contributed by atoms with Crippen molar-refractivity contribution in [3.63, 3.8) is 0 Å². The lowest BCUT2D eigenvalue weighted by atomic mass is 10.2. The molecule has 0 aliphatic carbocycles. The fourth-order valence-electron chi connectivity index (χ4n) is 1.45. The number of benzene rings is 2. The molecule has 0 bridgehead atoms. The van der Waals surface area contributed by atoms with Crippen LogP contribution in [0.2, 0.25) is 0 Å². The number of hydrogen-bond donors (Lipinski definition) is 0. The Morgan fingerprint density at radius 2 is 1.05 bits per heavy atom. The molecule has 0 heterocycles. The van der Waals surface area contributed by atoms with E-state index in [0.717, 1.165) is 22.2 Å². The summed E-state index contributed by atoms with van der Waals surface area (Å²) in [5.41, 5.74) is 2.41. The molecule has 2 rings (SSSR count). The summed E-state index contributed by atoms with van der Waals surface area (Å²) in [7, 11) is 1.34. The van der Waals surface area contributed by atoms with E-state index in [1.54, 1.807) is 0 Å². The Bertz CT molecular complexity index is 452. The van der Waals surface area contributed by atoms with E-state index in [2.05, 4.69) is 31.9 Å². The molecule has 0 aliphatic rings. The van der Waals surface area contributed by atoms with E-state index in [1.807, 2.05) is 48.5 Å². The minimum atomic E-state index is 0.752. The first-order valence-corrected chi connectivity index (χ1v) is 8.01. The van der Waals surface area contributed by atoms with Gasteiger partial charge in [0.05, 0.1) is 0 Å². The summed E-state index contributed by atoms with van der Waals surface area (Å²) in [6, 6.07) is 15.6. The van der Waals surface area contributed by atoms with Crippen LogP contribution in [0.25, 0.3) is 0 Å². The molecular formula is C14H12BBr2O2. The lowest BCUT2D eigenvalue weighted by molar-refractivity contribution is 0.459. The highest BCUT2D eigenvalue weighted by molar-refractivity contribution is 9.08. The van der Waals surface area contributed by atoms with Crippen molar-refractivity contribution in [3.8, 4) is 11.5 Å². The topological polar surface area (TPSA) is 18.5 Å². The van der Waals surface area contributed by atoms with Crippen LogP contribution >= 0.6 is 31.9 Å². The van der Waals surface area contributed by atoms with Gasteiger partial charge in [-0.2, -0.15) is 0 Å². The number of rotatable bonds is 6. The summed E-state index contributed by atoms with van der Waals surface area (Å²) >= 11 is 6.80. The van der Waals surface area contributed by atoms with Crippen LogP contribution in [-0.2, 0) is 10.7 Å². The second kappa shape index (κ2) is 7.60. The fourth-order valence-corrected chi connectivity index (χ4v) is 2.20. The summed E-state index contributed by atoms with van der Waals surface area (Å²) in [5, 5.41) is 1.68. The first kappa shape index (κ1) is 14.5. The Morgan fingerprint density at radius 3 is 1.37 bits per heavy atom. The zero-order valence-electron chi connectivity index (χ0n) is 10.2. The van der Waals surface area contributed by atoms with Crippen LogP contribution in [0.4, 0.5) is 0 Å². The summed E-state index contributed by atoms with van der Waals surface area (Å²) in [4.78, 5) is 0. The first-order valence-electron chi connectivity index (χ1n) is 5.76. The van der Waals surface area contributed by atoms with Crippen LogP contribution in [0.5, 0.6) is 11.5 Å². The van der Waals surface area contributed by atoms with Gasteiger partial charge in [0.2, 0.25) is 0 Å². The molecule has 0 N–H and O–H groups in total. The van der Waals surface area contributed by atoms with Crippen LogP contribution in [-0.4, -0.2) is 7.69 Å². The largest absolute Gasteiger partial charge is 0.658 e. The molecule has 0 saturated carbocycles.